The van der Waals surface area contributed by atoms with Gasteiger partial charge < -0.3 is 15.0 Å². The van der Waals surface area contributed by atoms with Gasteiger partial charge in [-0.25, -0.2) is 0 Å². The van der Waals surface area contributed by atoms with Gasteiger partial charge in [0, 0.05) is 31.7 Å². The molecule has 0 radical (unpaired) electrons. The summed E-state index contributed by atoms with van der Waals surface area (Å²) in [6.45, 7) is 10.6. The molecule has 0 aliphatic carbocycles. The van der Waals surface area contributed by atoms with Crippen LogP contribution in [0.1, 0.15) is 33.6 Å². The van der Waals surface area contributed by atoms with E-state index in [0.29, 0.717) is 12.1 Å². The third-order valence-electron chi connectivity index (χ3n) is 4.30. The smallest absolute Gasteiger partial charge is 0.322 e. The first kappa shape index (κ1) is 17.4. The number of hydrogen-bond acceptors (Lipinski definition) is 5. The van der Waals surface area contributed by atoms with Gasteiger partial charge in [-0.15, -0.1) is 0 Å². The highest BCUT2D eigenvalue weighted by Crippen LogP contribution is 2.14. The topological polar surface area (TPSA) is 44.8 Å². The van der Waals surface area contributed by atoms with Gasteiger partial charge in [-0.3, -0.25) is 9.69 Å². The number of hydrogen-bond donors (Lipinski definition) is 1. The van der Waals surface area contributed by atoms with Crippen molar-refractivity contribution in [2.45, 2.75) is 51.7 Å². The molecular formula is C15H31N3O2. The third kappa shape index (κ3) is 5.04. The zero-order valence-corrected chi connectivity index (χ0v) is 13.7. The second-order valence-corrected chi connectivity index (χ2v) is 5.94. The van der Waals surface area contributed by atoms with Crippen LogP contribution >= 0.6 is 0 Å². The highest BCUT2D eigenvalue weighted by Gasteiger charge is 2.27. The Morgan fingerprint density at radius 3 is 2.45 bits per heavy atom. The molecule has 20 heavy (non-hydrogen) atoms. The van der Waals surface area contributed by atoms with Crippen molar-refractivity contribution in [2.24, 2.45) is 0 Å². The van der Waals surface area contributed by atoms with Gasteiger partial charge in [-0.2, -0.15) is 0 Å². The Morgan fingerprint density at radius 2 is 1.95 bits per heavy atom. The Bertz CT molecular complexity index is 287. The standard InChI is InChI=1S/C15H31N3O2/c1-6-8-16-14(15(19)20-5)7-9-18-10-12(2)17(4)13(3)11-18/h12-14,16H,6-11H2,1-5H3. The van der Waals surface area contributed by atoms with Crippen molar-refractivity contribution in [3.8, 4) is 0 Å². The molecule has 1 saturated heterocycles. The molecule has 0 amide bonds. The zero-order valence-electron chi connectivity index (χ0n) is 13.7. The van der Waals surface area contributed by atoms with Crippen LogP contribution < -0.4 is 5.32 Å². The summed E-state index contributed by atoms with van der Waals surface area (Å²) >= 11 is 0. The molecule has 1 aliphatic rings. The molecule has 1 rings (SSSR count). The van der Waals surface area contributed by atoms with E-state index in [4.69, 9.17) is 4.74 Å². The summed E-state index contributed by atoms with van der Waals surface area (Å²) < 4.78 is 4.88. The molecule has 5 nitrogen and oxygen atoms in total. The normalized spacial score (nSPS) is 26.4. The third-order valence-corrected chi connectivity index (χ3v) is 4.30. The highest BCUT2D eigenvalue weighted by atomic mass is 16.5. The van der Waals surface area contributed by atoms with E-state index < -0.39 is 0 Å². The number of nitrogens with one attached hydrogen (secondary N) is 1. The van der Waals surface area contributed by atoms with E-state index >= 15 is 0 Å². The maximum Gasteiger partial charge on any atom is 0.322 e. The minimum atomic E-state index is -0.176. The van der Waals surface area contributed by atoms with E-state index in [-0.39, 0.29) is 12.0 Å². The van der Waals surface area contributed by atoms with Crippen LogP contribution in [0.25, 0.3) is 0 Å². The van der Waals surface area contributed by atoms with Crippen LogP contribution in [0.2, 0.25) is 0 Å². The molecule has 0 aromatic heterocycles. The Labute approximate surface area is 123 Å². The first-order chi connectivity index (χ1) is 9.49. The lowest BCUT2D eigenvalue weighted by atomic mass is 10.1. The zero-order chi connectivity index (χ0) is 15.1. The molecule has 5 heteroatoms. The molecule has 1 N–H and O–H groups in total. The van der Waals surface area contributed by atoms with Crippen molar-refractivity contribution >= 4 is 5.97 Å². The first-order valence-corrected chi connectivity index (χ1v) is 7.75. The Hall–Kier alpha value is -0.650. The lowest BCUT2D eigenvalue weighted by Gasteiger charge is -2.42. The van der Waals surface area contributed by atoms with Gasteiger partial charge in [0.25, 0.3) is 0 Å². The molecule has 1 fully saturated rings. The maximum atomic E-state index is 11.8. The average molecular weight is 285 g/mol. The lowest BCUT2D eigenvalue weighted by Crippen LogP contribution is -2.55. The molecule has 0 saturated carbocycles. The van der Waals surface area contributed by atoms with Gasteiger partial charge in [0.2, 0.25) is 0 Å². The largest absolute Gasteiger partial charge is 0.468 e. The molecule has 1 aliphatic heterocycles. The lowest BCUT2D eigenvalue weighted by molar-refractivity contribution is -0.143. The van der Waals surface area contributed by atoms with Gasteiger partial charge in [-0.1, -0.05) is 6.92 Å². The minimum Gasteiger partial charge on any atom is -0.468 e. The van der Waals surface area contributed by atoms with Crippen LogP contribution in [0.15, 0.2) is 0 Å². The van der Waals surface area contributed by atoms with Crippen LogP contribution in [-0.2, 0) is 9.53 Å². The fourth-order valence-electron chi connectivity index (χ4n) is 2.77. The average Bonchev–Trinajstić information content (AvgIpc) is 2.43. The maximum absolute atomic E-state index is 11.8. The number of carbonyl (C=O) groups excluding carboxylic acids is 1. The Morgan fingerprint density at radius 1 is 1.35 bits per heavy atom. The van der Waals surface area contributed by atoms with Gasteiger partial charge in [0.1, 0.15) is 6.04 Å². The van der Waals surface area contributed by atoms with E-state index in [2.05, 4.69) is 42.9 Å². The molecule has 0 aromatic rings. The number of methoxy groups -OCH3 is 1. The summed E-state index contributed by atoms with van der Waals surface area (Å²) in [5, 5.41) is 3.28. The molecule has 1 heterocycles. The molecule has 3 unspecified atom stereocenters. The fourth-order valence-corrected chi connectivity index (χ4v) is 2.77. The SMILES string of the molecule is CCCNC(CCN1CC(C)N(C)C(C)C1)C(=O)OC. The number of carbonyl (C=O) groups is 1. The van der Waals surface area contributed by atoms with E-state index in [9.17, 15) is 4.79 Å². The molecule has 3 atom stereocenters. The summed E-state index contributed by atoms with van der Waals surface area (Å²) in [5.41, 5.74) is 0. The van der Waals surface area contributed by atoms with Crippen LogP contribution in [-0.4, -0.2) is 74.2 Å². The number of rotatable bonds is 7. The first-order valence-electron chi connectivity index (χ1n) is 7.75. The summed E-state index contributed by atoms with van der Waals surface area (Å²) in [7, 11) is 3.65. The molecule has 0 aromatic carbocycles. The van der Waals surface area contributed by atoms with Crippen molar-refractivity contribution in [1.29, 1.82) is 0 Å². The Balaban J connectivity index is 2.44. The van der Waals surface area contributed by atoms with Crippen molar-refractivity contribution in [2.75, 3.05) is 40.3 Å². The van der Waals surface area contributed by atoms with Gasteiger partial charge >= 0.3 is 5.97 Å². The van der Waals surface area contributed by atoms with E-state index in [1.807, 2.05) is 0 Å². The van der Waals surface area contributed by atoms with Crippen LogP contribution in [0.4, 0.5) is 0 Å². The second kappa shape index (κ2) is 8.60. The minimum absolute atomic E-state index is 0.145. The molecule has 0 bridgehead atoms. The predicted octanol–water partition coefficient (Wildman–Crippen LogP) is 0.942. The number of nitrogens with zero attached hydrogens (tertiary/aromatic N) is 2. The van der Waals surface area contributed by atoms with E-state index in [1.165, 1.54) is 7.11 Å². The van der Waals surface area contributed by atoms with Gasteiger partial charge in [0.15, 0.2) is 0 Å². The number of esters is 1. The summed E-state index contributed by atoms with van der Waals surface area (Å²) in [6, 6.07) is 0.961. The fraction of sp³-hybridized carbons (Fsp3) is 0.933. The van der Waals surface area contributed by atoms with E-state index in [1.54, 1.807) is 0 Å². The van der Waals surface area contributed by atoms with Crippen molar-refractivity contribution in [1.82, 2.24) is 15.1 Å². The number of piperazine rings is 1. The van der Waals surface area contributed by atoms with Crippen molar-refractivity contribution in [3.05, 3.63) is 0 Å². The Kier molecular flexibility index (Phi) is 7.48. The molecule has 118 valence electrons. The van der Waals surface area contributed by atoms with Crippen LogP contribution in [0, 0.1) is 0 Å². The quantitative estimate of drug-likeness (QED) is 0.705. The summed E-state index contributed by atoms with van der Waals surface area (Å²) in [4.78, 5) is 16.6. The predicted molar refractivity (Wildman–Crippen MR) is 81.8 cm³/mol. The van der Waals surface area contributed by atoms with Crippen LogP contribution in [0.5, 0.6) is 0 Å². The summed E-state index contributed by atoms with van der Waals surface area (Å²) in [6.07, 6.45) is 1.84. The summed E-state index contributed by atoms with van der Waals surface area (Å²) in [5.74, 6) is -0.145. The van der Waals surface area contributed by atoms with Crippen LogP contribution in [0.3, 0.4) is 0 Å². The number of likely N-dealkylation sites (N-methyl/N-ethyl adjacent to an activating group) is 1. The van der Waals surface area contributed by atoms with Crippen molar-refractivity contribution < 1.29 is 9.53 Å². The van der Waals surface area contributed by atoms with Gasteiger partial charge in [-0.05, 0) is 40.3 Å². The van der Waals surface area contributed by atoms with Gasteiger partial charge in [0.05, 0.1) is 7.11 Å². The van der Waals surface area contributed by atoms with Crippen molar-refractivity contribution in [3.63, 3.8) is 0 Å². The molecule has 0 spiro atoms. The van der Waals surface area contributed by atoms with E-state index in [0.717, 1.165) is 39.0 Å². The molecular weight excluding hydrogens is 254 g/mol. The monoisotopic (exact) mass is 285 g/mol. The highest BCUT2D eigenvalue weighted by molar-refractivity contribution is 5.75. The second-order valence-electron chi connectivity index (χ2n) is 5.94. The number of ether oxygens (including phenoxy) is 1.